The lowest BCUT2D eigenvalue weighted by Crippen LogP contribution is -2.42. The molecule has 0 radical (unpaired) electrons. The zero-order valence-corrected chi connectivity index (χ0v) is 10.1. The molecule has 6 heteroatoms. The van der Waals surface area contributed by atoms with Crippen LogP contribution >= 0.6 is 0 Å². The third kappa shape index (κ3) is 2.71. The molecule has 0 aromatic rings. The quantitative estimate of drug-likeness (QED) is 0.664. The zero-order chi connectivity index (χ0) is 12.1. The van der Waals surface area contributed by atoms with Gasteiger partial charge in [-0.25, -0.2) is 0 Å². The normalized spacial score (nSPS) is 36.6. The minimum absolute atomic E-state index is 0.338. The van der Waals surface area contributed by atoms with E-state index in [1.54, 1.807) is 14.2 Å². The van der Waals surface area contributed by atoms with Crippen molar-refractivity contribution in [2.75, 3.05) is 35.0 Å². The first-order valence-corrected chi connectivity index (χ1v) is 5.10. The lowest BCUT2D eigenvalue weighted by molar-refractivity contribution is -0.175. The zero-order valence-electron chi connectivity index (χ0n) is 10.1. The molecule has 1 fully saturated rings. The predicted molar refractivity (Wildman–Crippen MR) is 55.1 cm³/mol. The highest BCUT2D eigenvalue weighted by Crippen LogP contribution is 2.27. The molecule has 5 atom stereocenters. The van der Waals surface area contributed by atoms with Gasteiger partial charge in [0.05, 0.1) is 6.61 Å². The van der Waals surface area contributed by atoms with E-state index in [-0.39, 0.29) is 6.10 Å². The van der Waals surface area contributed by atoms with Crippen molar-refractivity contribution in [3.05, 3.63) is 0 Å². The average molecular weight is 236 g/mol. The number of aliphatic hydroxyl groups excluding tert-OH is 1. The molecule has 0 unspecified atom stereocenters. The van der Waals surface area contributed by atoms with Gasteiger partial charge < -0.3 is 28.8 Å². The van der Waals surface area contributed by atoms with Crippen molar-refractivity contribution in [2.45, 2.75) is 30.7 Å². The lowest BCUT2D eigenvalue weighted by atomic mass is 10.1. The van der Waals surface area contributed by atoms with Gasteiger partial charge in [0.1, 0.15) is 24.4 Å². The number of hydrogen-bond acceptors (Lipinski definition) is 6. The highest BCUT2D eigenvalue weighted by atomic mass is 16.7. The molecule has 0 aliphatic carbocycles. The Morgan fingerprint density at radius 2 is 1.88 bits per heavy atom. The van der Waals surface area contributed by atoms with Gasteiger partial charge in [0, 0.05) is 28.4 Å². The van der Waals surface area contributed by atoms with Crippen LogP contribution in [-0.4, -0.2) is 70.9 Å². The van der Waals surface area contributed by atoms with Crippen LogP contribution < -0.4 is 0 Å². The predicted octanol–water partition coefficient (Wildman–Crippen LogP) is -0.605. The van der Waals surface area contributed by atoms with Crippen LogP contribution in [0.4, 0.5) is 0 Å². The number of rotatable bonds is 6. The second-order valence-electron chi connectivity index (χ2n) is 3.63. The summed E-state index contributed by atoms with van der Waals surface area (Å²) >= 11 is 0. The van der Waals surface area contributed by atoms with Gasteiger partial charge in [0.15, 0.2) is 6.29 Å². The maximum Gasteiger partial charge on any atom is 0.186 e. The molecule has 6 nitrogen and oxygen atoms in total. The fourth-order valence-corrected chi connectivity index (χ4v) is 1.87. The fourth-order valence-electron chi connectivity index (χ4n) is 1.87. The van der Waals surface area contributed by atoms with Gasteiger partial charge in [-0.3, -0.25) is 0 Å². The van der Waals surface area contributed by atoms with Crippen molar-refractivity contribution in [1.29, 1.82) is 0 Å². The molecule has 1 aliphatic heterocycles. The Labute approximate surface area is 95.4 Å². The molecule has 0 aromatic heterocycles. The monoisotopic (exact) mass is 236 g/mol. The van der Waals surface area contributed by atoms with Gasteiger partial charge in [-0.15, -0.1) is 0 Å². The van der Waals surface area contributed by atoms with E-state index >= 15 is 0 Å². The van der Waals surface area contributed by atoms with E-state index < -0.39 is 24.6 Å². The van der Waals surface area contributed by atoms with Gasteiger partial charge in [-0.05, 0) is 0 Å². The molecule has 1 heterocycles. The summed E-state index contributed by atoms with van der Waals surface area (Å²) in [5.74, 6) is 0. The Bertz CT molecular complexity index is 200. The second kappa shape index (κ2) is 6.48. The summed E-state index contributed by atoms with van der Waals surface area (Å²) in [6.07, 6.45) is -2.75. The van der Waals surface area contributed by atoms with Gasteiger partial charge in [-0.2, -0.15) is 0 Å². The van der Waals surface area contributed by atoms with E-state index in [1.165, 1.54) is 14.2 Å². The molecule has 1 rings (SSSR count). The number of methoxy groups -OCH3 is 4. The minimum Gasteiger partial charge on any atom is -0.387 e. The molecule has 1 aliphatic rings. The van der Waals surface area contributed by atoms with E-state index in [0.29, 0.717) is 6.61 Å². The van der Waals surface area contributed by atoms with Crippen LogP contribution in [0.1, 0.15) is 0 Å². The first-order chi connectivity index (χ1) is 7.69. The van der Waals surface area contributed by atoms with E-state index in [9.17, 15) is 5.11 Å². The average Bonchev–Trinajstić information content (AvgIpc) is 2.62. The van der Waals surface area contributed by atoms with Gasteiger partial charge in [0.25, 0.3) is 0 Å². The maximum absolute atomic E-state index is 10.0. The van der Waals surface area contributed by atoms with Crippen molar-refractivity contribution in [3.63, 3.8) is 0 Å². The summed E-state index contributed by atoms with van der Waals surface area (Å²) in [5, 5.41) is 10.0. The van der Waals surface area contributed by atoms with E-state index in [2.05, 4.69) is 0 Å². The van der Waals surface area contributed by atoms with Crippen molar-refractivity contribution in [3.8, 4) is 0 Å². The van der Waals surface area contributed by atoms with Crippen LogP contribution in [0.15, 0.2) is 0 Å². The molecule has 1 N–H and O–H groups in total. The Morgan fingerprint density at radius 3 is 2.25 bits per heavy atom. The highest BCUT2D eigenvalue weighted by Gasteiger charge is 2.47. The van der Waals surface area contributed by atoms with Crippen molar-refractivity contribution in [2.24, 2.45) is 0 Å². The Morgan fingerprint density at radius 1 is 1.19 bits per heavy atom. The minimum atomic E-state index is -0.796. The molecule has 1 saturated heterocycles. The lowest BCUT2D eigenvalue weighted by Gasteiger charge is -2.23. The molecule has 0 spiro atoms. The third-order valence-corrected chi connectivity index (χ3v) is 2.74. The molecular weight excluding hydrogens is 216 g/mol. The van der Waals surface area contributed by atoms with Crippen molar-refractivity contribution >= 4 is 0 Å². The third-order valence-electron chi connectivity index (χ3n) is 2.74. The van der Waals surface area contributed by atoms with Gasteiger partial charge in [0.2, 0.25) is 0 Å². The standard InChI is InChI=1S/C10H20O6/c1-12-5-6(13-2)8-7(11)9(14-3)10(15-4)16-8/h6-11H,5H2,1-4H3/t6-,7+,8+,9-,10+/m1/s1. The Kier molecular flexibility index (Phi) is 5.60. The van der Waals surface area contributed by atoms with Crippen LogP contribution in [0.2, 0.25) is 0 Å². The molecular formula is C10H20O6. The summed E-state index contributed by atoms with van der Waals surface area (Å²) in [6, 6.07) is 0. The van der Waals surface area contributed by atoms with Gasteiger partial charge >= 0.3 is 0 Å². The molecule has 96 valence electrons. The second-order valence-corrected chi connectivity index (χ2v) is 3.63. The van der Waals surface area contributed by atoms with Crippen molar-refractivity contribution in [1.82, 2.24) is 0 Å². The molecule has 0 amide bonds. The SMILES string of the molecule is COC[C@@H](OC)[C@@H]1O[C@H](OC)[C@H](OC)[C@H]1O. The molecule has 0 aromatic carbocycles. The van der Waals surface area contributed by atoms with E-state index in [1.807, 2.05) is 0 Å². The first-order valence-electron chi connectivity index (χ1n) is 5.10. The smallest absolute Gasteiger partial charge is 0.186 e. The number of hydrogen-bond donors (Lipinski definition) is 1. The van der Waals surface area contributed by atoms with Crippen molar-refractivity contribution < 1.29 is 28.8 Å². The summed E-state index contributed by atoms with van der Waals surface area (Å²) in [7, 11) is 6.12. The van der Waals surface area contributed by atoms with Crippen LogP contribution in [0, 0.1) is 0 Å². The summed E-state index contributed by atoms with van der Waals surface area (Å²) in [4.78, 5) is 0. The van der Waals surface area contributed by atoms with Crippen LogP contribution in [0.5, 0.6) is 0 Å². The van der Waals surface area contributed by atoms with Crippen LogP contribution in [-0.2, 0) is 23.7 Å². The Hall–Kier alpha value is -0.240. The Balaban J connectivity index is 2.67. The van der Waals surface area contributed by atoms with Crippen LogP contribution in [0.25, 0.3) is 0 Å². The maximum atomic E-state index is 10.0. The number of ether oxygens (including phenoxy) is 5. The summed E-state index contributed by atoms with van der Waals surface area (Å²) in [5.41, 5.74) is 0. The molecule has 16 heavy (non-hydrogen) atoms. The molecule has 0 bridgehead atoms. The first kappa shape index (κ1) is 13.8. The molecule has 0 saturated carbocycles. The van der Waals surface area contributed by atoms with E-state index in [4.69, 9.17) is 23.7 Å². The van der Waals surface area contributed by atoms with E-state index in [0.717, 1.165) is 0 Å². The summed E-state index contributed by atoms with van der Waals surface area (Å²) < 4.78 is 26.0. The highest BCUT2D eigenvalue weighted by molar-refractivity contribution is 4.92. The fraction of sp³-hybridized carbons (Fsp3) is 1.00. The summed E-state index contributed by atoms with van der Waals surface area (Å²) in [6.45, 7) is 0.338. The van der Waals surface area contributed by atoms with Crippen LogP contribution in [0.3, 0.4) is 0 Å². The number of aliphatic hydroxyl groups is 1. The van der Waals surface area contributed by atoms with Gasteiger partial charge in [-0.1, -0.05) is 0 Å². The largest absolute Gasteiger partial charge is 0.387 e. The topological polar surface area (TPSA) is 66.4 Å².